The summed E-state index contributed by atoms with van der Waals surface area (Å²) < 4.78 is 12.5. The van der Waals surface area contributed by atoms with Crippen LogP contribution in [0.4, 0.5) is 0 Å². The molecule has 1 saturated heterocycles. The van der Waals surface area contributed by atoms with Crippen molar-refractivity contribution in [3.05, 3.63) is 0 Å². The maximum absolute atomic E-state index is 13.7. The van der Waals surface area contributed by atoms with Gasteiger partial charge in [0.05, 0.1) is 5.92 Å². The monoisotopic (exact) mass is 733 g/mol. The van der Waals surface area contributed by atoms with Gasteiger partial charge in [0.15, 0.2) is 0 Å². The Labute approximate surface area is 323 Å². The van der Waals surface area contributed by atoms with Gasteiger partial charge in [0.2, 0.25) is 0 Å². The third kappa shape index (κ3) is 19.4. The summed E-state index contributed by atoms with van der Waals surface area (Å²) in [6, 6.07) is 0. The number of likely N-dealkylation sites (tertiary alicyclic amines) is 1. The molecule has 1 saturated carbocycles. The molecule has 0 aromatic heterocycles. The van der Waals surface area contributed by atoms with Crippen molar-refractivity contribution in [3.63, 3.8) is 0 Å². The van der Waals surface area contributed by atoms with Crippen LogP contribution in [0.3, 0.4) is 0 Å². The molecule has 0 amide bonds. The van der Waals surface area contributed by atoms with Crippen LogP contribution in [-0.4, -0.2) is 54.7 Å². The number of ether oxygens (including phenoxy) is 2. The number of carbonyl (C=O) groups excluding carboxylic acids is 2. The van der Waals surface area contributed by atoms with E-state index in [1.807, 2.05) is 0 Å². The van der Waals surface area contributed by atoms with Gasteiger partial charge in [-0.15, -0.1) is 0 Å². The zero-order chi connectivity index (χ0) is 38.2. The number of carbonyl (C=O) groups is 2. The van der Waals surface area contributed by atoms with E-state index in [2.05, 4.69) is 53.5 Å². The summed E-state index contributed by atoms with van der Waals surface area (Å²) in [5.41, 5.74) is 6.89. The molecule has 2 N–H and O–H groups in total. The fourth-order valence-electron chi connectivity index (χ4n) is 9.37. The van der Waals surface area contributed by atoms with Crippen molar-refractivity contribution < 1.29 is 19.1 Å². The minimum absolute atomic E-state index is 0.0228. The van der Waals surface area contributed by atoms with Crippen molar-refractivity contribution in [3.8, 4) is 0 Å². The molecule has 1 heterocycles. The molecule has 0 spiro atoms. The molecule has 2 fully saturated rings. The van der Waals surface area contributed by atoms with E-state index in [1.165, 1.54) is 122 Å². The third-order valence-electron chi connectivity index (χ3n) is 12.8. The summed E-state index contributed by atoms with van der Waals surface area (Å²) in [5.74, 6) is 0.625. The Morgan fingerprint density at radius 2 is 1.17 bits per heavy atom. The number of nitrogens with two attached hydrogens (primary N) is 1. The lowest BCUT2D eigenvalue weighted by molar-refractivity contribution is -0.158. The maximum atomic E-state index is 13.7. The van der Waals surface area contributed by atoms with Crippen molar-refractivity contribution in [2.75, 3.05) is 20.1 Å². The van der Waals surface area contributed by atoms with Crippen molar-refractivity contribution in [2.24, 2.45) is 28.9 Å². The molecule has 2 rings (SSSR count). The molecule has 0 bridgehead atoms. The molecule has 0 radical (unpaired) electrons. The van der Waals surface area contributed by atoms with Crippen molar-refractivity contribution in [2.45, 2.75) is 239 Å². The van der Waals surface area contributed by atoms with Crippen LogP contribution >= 0.6 is 0 Å². The number of esters is 2. The van der Waals surface area contributed by atoms with E-state index in [1.54, 1.807) is 0 Å². The summed E-state index contributed by atoms with van der Waals surface area (Å²) in [6.07, 6.45) is 31.9. The van der Waals surface area contributed by atoms with Crippen molar-refractivity contribution >= 4 is 11.9 Å². The Hall–Kier alpha value is -1.14. The Morgan fingerprint density at radius 1 is 0.692 bits per heavy atom. The van der Waals surface area contributed by atoms with E-state index in [9.17, 15) is 9.59 Å². The molecule has 0 aromatic rings. The second-order valence-corrected chi connectivity index (χ2v) is 18.5. The van der Waals surface area contributed by atoms with Gasteiger partial charge in [-0.1, -0.05) is 144 Å². The zero-order valence-electron chi connectivity index (χ0n) is 35.8. The Balaban J connectivity index is 2.03. The lowest BCUT2D eigenvalue weighted by Gasteiger charge is -2.44. The molecular formula is C46H88N2O4. The normalized spacial score (nSPS) is 20.6. The average molecular weight is 733 g/mol. The number of piperidine rings is 1. The summed E-state index contributed by atoms with van der Waals surface area (Å²) in [5, 5.41) is 0. The van der Waals surface area contributed by atoms with Crippen LogP contribution in [0.15, 0.2) is 0 Å². The summed E-state index contributed by atoms with van der Waals surface area (Å²) >= 11 is 0. The van der Waals surface area contributed by atoms with Gasteiger partial charge >= 0.3 is 11.9 Å². The van der Waals surface area contributed by atoms with Crippen LogP contribution in [-0.2, 0) is 19.1 Å². The van der Waals surface area contributed by atoms with Gasteiger partial charge in [-0.05, 0) is 103 Å². The fourth-order valence-corrected chi connectivity index (χ4v) is 9.37. The van der Waals surface area contributed by atoms with Crippen LogP contribution < -0.4 is 5.73 Å². The Bertz CT molecular complexity index is 911. The summed E-state index contributed by atoms with van der Waals surface area (Å²) in [4.78, 5) is 28.8. The molecule has 4 unspecified atom stereocenters. The summed E-state index contributed by atoms with van der Waals surface area (Å²) in [7, 11) is 2.11. The van der Waals surface area contributed by atoms with E-state index in [0.29, 0.717) is 12.3 Å². The topological polar surface area (TPSA) is 81.9 Å². The predicted molar refractivity (Wildman–Crippen MR) is 220 cm³/mol. The zero-order valence-corrected chi connectivity index (χ0v) is 35.8. The molecule has 52 heavy (non-hydrogen) atoms. The minimum atomic E-state index is -0.307. The Morgan fingerprint density at radius 3 is 1.69 bits per heavy atom. The van der Waals surface area contributed by atoms with E-state index < -0.39 is 0 Å². The Kier molecular flexibility index (Phi) is 24.1. The van der Waals surface area contributed by atoms with Crippen LogP contribution in [0.5, 0.6) is 0 Å². The van der Waals surface area contributed by atoms with Gasteiger partial charge in [-0.3, -0.25) is 9.59 Å². The first-order chi connectivity index (χ1) is 24.9. The SMILES string of the molecule is CCCCCCCCC(OC(=O)CC1CCC(OC(=O)C2CCN(C)CC2)C1)C(C)(C)CC(C)(N)C(CCCCCCCC)CCCCCCCC. The standard InChI is InChI=1S/C46H88N2O4/c1-8-11-14-17-20-23-26-40(27-24-21-18-15-12-9-2)46(6,47)37-45(4,5)42(28-25-22-19-16-13-10-3)52-43(49)36-38-29-30-41(35-38)51-44(50)39-31-33-48(7)34-32-39/h38-42H,8-37,47H2,1-7H3. The molecule has 6 heteroatoms. The maximum Gasteiger partial charge on any atom is 0.309 e. The molecule has 1 aliphatic carbocycles. The molecule has 306 valence electrons. The fraction of sp³-hybridized carbons (Fsp3) is 0.957. The molecule has 6 nitrogen and oxygen atoms in total. The average Bonchev–Trinajstić information content (AvgIpc) is 3.53. The number of hydrogen-bond acceptors (Lipinski definition) is 6. The lowest BCUT2D eigenvalue weighted by atomic mass is 9.67. The molecule has 0 aromatic carbocycles. The van der Waals surface area contributed by atoms with Crippen molar-refractivity contribution in [1.29, 1.82) is 0 Å². The van der Waals surface area contributed by atoms with E-state index >= 15 is 0 Å². The van der Waals surface area contributed by atoms with Crippen LogP contribution in [0.25, 0.3) is 0 Å². The third-order valence-corrected chi connectivity index (χ3v) is 12.8. The summed E-state index contributed by atoms with van der Waals surface area (Å²) in [6.45, 7) is 15.7. The minimum Gasteiger partial charge on any atom is -0.462 e. The quantitative estimate of drug-likeness (QED) is 0.0585. The van der Waals surface area contributed by atoms with Crippen LogP contribution in [0.1, 0.15) is 221 Å². The molecule has 2 aliphatic rings. The van der Waals surface area contributed by atoms with Crippen LogP contribution in [0, 0.1) is 23.2 Å². The number of nitrogens with zero attached hydrogens (tertiary/aromatic N) is 1. The first-order valence-electron chi connectivity index (χ1n) is 22.8. The molecule has 4 atom stereocenters. The molecule has 1 aliphatic heterocycles. The first-order valence-corrected chi connectivity index (χ1v) is 22.8. The number of hydrogen-bond donors (Lipinski definition) is 1. The van der Waals surface area contributed by atoms with Gasteiger partial charge in [0, 0.05) is 17.4 Å². The van der Waals surface area contributed by atoms with Gasteiger partial charge in [0.25, 0.3) is 0 Å². The van der Waals surface area contributed by atoms with Gasteiger partial charge in [-0.2, -0.15) is 0 Å². The van der Waals surface area contributed by atoms with Gasteiger partial charge < -0.3 is 20.1 Å². The second-order valence-electron chi connectivity index (χ2n) is 18.5. The van der Waals surface area contributed by atoms with Crippen LogP contribution in [0.2, 0.25) is 0 Å². The smallest absolute Gasteiger partial charge is 0.309 e. The number of rotatable bonds is 30. The van der Waals surface area contributed by atoms with Gasteiger partial charge in [0.1, 0.15) is 12.2 Å². The predicted octanol–water partition coefficient (Wildman–Crippen LogP) is 12.3. The first kappa shape index (κ1) is 47.0. The highest BCUT2D eigenvalue weighted by Crippen LogP contribution is 2.41. The highest BCUT2D eigenvalue weighted by molar-refractivity contribution is 5.73. The largest absolute Gasteiger partial charge is 0.462 e. The van der Waals surface area contributed by atoms with E-state index in [0.717, 1.165) is 64.5 Å². The van der Waals surface area contributed by atoms with E-state index in [4.69, 9.17) is 15.2 Å². The second kappa shape index (κ2) is 26.6. The highest BCUT2D eigenvalue weighted by Gasteiger charge is 2.41. The van der Waals surface area contributed by atoms with Crippen molar-refractivity contribution in [1.82, 2.24) is 4.90 Å². The number of unbranched alkanes of at least 4 members (excludes halogenated alkanes) is 15. The van der Waals surface area contributed by atoms with Gasteiger partial charge in [-0.25, -0.2) is 0 Å². The highest BCUT2D eigenvalue weighted by atomic mass is 16.5. The van der Waals surface area contributed by atoms with E-state index in [-0.39, 0.29) is 46.9 Å². The lowest BCUT2D eigenvalue weighted by Crippen LogP contribution is -2.50. The molecular weight excluding hydrogens is 645 g/mol.